The second kappa shape index (κ2) is 7.41. The lowest BCUT2D eigenvalue weighted by Gasteiger charge is -2.32. The van der Waals surface area contributed by atoms with Crippen LogP contribution in [-0.4, -0.2) is 34.8 Å². The van der Waals surface area contributed by atoms with E-state index in [0.717, 1.165) is 48.1 Å². The van der Waals surface area contributed by atoms with Crippen LogP contribution < -0.4 is 0 Å². The van der Waals surface area contributed by atoms with Crippen LogP contribution >= 0.6 is 0 Å². The van der Waals surface area contributed by atoms with Gasteiger partial charge in [0.05, 0.1) is 11.8 Å². The Morgan fingerprint density at radius 3 is 2.74 bits per heavy atom. The molecule has 27 heavy (non-hydrogen) atoms. The van der Waals surface area contributed by atoms with Gasteiger partial charge in [0.25, 0.3) is 0 Å². The zero-order valence-corrected chi connectivity index (χ0v) is 15.8. The van der Waals surface area contributed by atoms with Gasteiger partial charge in [-0.05, 0) is 63.0 Å². The Bertz CT molecular complexity index is 945. The number of likely N-dealkylation sites (tertiary alicyclic amines) is 1. The van der Waals surface area contributed by atoms with Crippen LogP contribution in [0.4, 0.5) is 4.39 Å². The summed E-state index contributed by atoms with van der Waals surface area (Å²) in [5.74, 6) is 0.00580. The summed E-state index contributed by atoms with van der Waals surface area (Å²) in [7, 11) is 0. The summed E-state index contributed by atoms with van der Waals surface area (Å²) in [5.41, 5.74) is 4.76. The van der Waals surface area contributed by atoms with Gasteiger partial charge in [-0.1, -0.05) is 28.9 Å². The molecule has 1 aliphatic rings. The molecule has 3 aromatic rings. The fraction of sp³-hybridized carbons (Fsp3) is 0.409. The summed E-state index contributed by atoms with van der Waals surface area (Å²) in [6.45, 7) is 6.55. The number of halogens is 1. The molecule has 1 aliphatic heterocycles. The van der Waals surface area contributed by atoms with E-state index >= 15 is 0 Å². The van der Waals surface area contributed by atoms with Crippen LogP contribution in [0.3, 0.4) is 0 Å². The molecule has 0 saturated carbocycles. The Morgan fingerprint density at radius 2 is 1.96 bits per heavy atom. The highest BCUT2D eigenvalue weighted by atomic mass is 19.1. The lowest BCUT2D eigenvalue weighted by atomic mass is 9.91. The highest BCUT2D eigenvalue weighted by molar-refractivity contribution is 5.79. The number of benzene rings is 2. The predicted molar refractivity (Wildman–Crippen MR) is 103 cm³/mol. The van der Waals surface area contributed by atoms with E-state index in [1.807, 2.05) is 6.92 Å². The molecule has 0 amide bonds. The normalized spacial score (nSPS) is 17.5. The van der Waals surface area contributed by atoms with Crippen LogP contribution in [0.15, 0.2) is 40.9 Å². The summed E-state index contributed by atoms with van der Waals surface area (Å²) < 4.78 is 18.6. The molecule has 1 atom stereocenters. The van der Waals surface area contributed by atoms with Crippen LogP contribution in [-0.2, 0) is 0 Å². The quantitative estimate of drug-likeness (QED) is 0.737. The van der Waals surface area contributed by atoms with Gasteiger partial charge < -0.3 is 14.5 Å². The molecule has 4 rings (SSSR count). The van der Waals surface area contributed by atoms with Crippen LogP contribution in [0.5, 0.6) is 0 Å². The average Bonchev–Trinajstić information content (AvgIpc) is 3.07. The topological polar surface area (TPSA) is 49.5 Å². The molecule has 1 N–H and O–H groups in total. The second-order valence-corrected chi connectivity index (χ2v) is 7.66. The van der Waals surface area contributed by atoms with Gasteiger partial charge in [-0.15, -0.1) is 0 Å². The number of piperidine rings is 1. The summed E-state index contributed by atoms with van der Waals surface area (Å²) in [6, 6.07) is 10.8. The van der Waals surface area contributed by atoms with Crippen molar-refractivity contribution in [1.82, 2.24) is 10.1 Å². The number of aromatic nitrogens is 1. The van der Waals surface area contributed by atoms with Gasteiger partial charge in [-0.3, -0.25) is 0 Å². The van der Waals surface area contributed by atoms with Crippen molar-refractivity contribution in [2.75, 3.05) is 19.6 Å². The maximum Gasteiger partial charge on any atom is 0.170 e. The van der Waals surface area contributed by atoms with Crippen molar-refractivity contribution in [3.05, 3.63) is 64.6 Å². The van der Waals surface area contributed by atoms with E-state index in [2.05, 4.69) is 35.2 Å². The van der Waals surface area contributed by atoms with Gasteiger partial charge >= 0.3 is 0 Å². The minimum atomic E-state index is -0.475. The summed E-state index contributed by atoms with van der Waals surface area (Å²) in [4.78, 5) is 2.31. The third-order valence-electron chi connectivity index (χ3n) is 5.66. The molecule has 4 nitrogen and oxygen atoms in total. The van der Waals surface area contributed by atoms with Crippen molar-refractivity contribution in [3.63, 3.8) is 0 Å². The highest BCUT2D eigenvalue weighted by Crippen LogP contribution is 2.33. The maximum atomic E-state index is 13.3. The Kier molecular flexibility index (Phi) is 4.98. The summed E-state index contributed by atoms with van der Waals surface area (Å²) in [5, 5.41) is 15.8. The molecule has 5 heteroatoms. The fourth-order valence-corrected chi connectivity index (χ4v) is 4.08. The zero-order chi connectivity index (χ0) is 19.0. The number of fused-ring (bicyclic) bond motifs is 1. The lowest BCUT2D eigenvalue weighted by Crippen LogP contribution is -2.36. The van der Waals surface area contributed by atoms with Gasteiger partial charge in [0.2, 0.25) is 0 Å². The lowest BCUT2D eigenvalue weighted by molar-refractivity contribution is 0.0963. The minimum Gasteiger partial charge on any atom is -0.387 e. The molecule has 2 heterocycles. The number of β-amino-alcohol motifs (C(OH)–C–C–N with tert-alkyl or cyclic N) is 1. The molecule has 1 unspecified atom stereocenters. The minimum absolute atomic E-state index is 0.305. The molecule has 0 radical (unpaired) electrons. The average molecular weight is 368 g/mol. The van der Waals surface area contributed by atoms with Crippen molar-refractivity contribution >= 4 is 11.0 Å². The van der Waals surface area contributed by atoms with Crippen molar-refractivity contribution in [2.24, 2.45) is 0 Å². The SMILES string of the molecule is Cc1ccc(C)c(C(O)CN2CCC(c3noc4cc(F)ccc34)CC2)c1. The number of nitrogens with zero attached hydrogens (tertiary/aromatic N) is 2. The number of rotatable bonds is 4. The van der Waals surface area contributed by atoms with Crippen molar-refractivity contribution in [2.45, 2.75) is 38.7 Å². The first-order chi connectivity index (χ1) is 13.0. The summed E-state index contributed by atoms with van der Waals surface area (Å²) >= 11 is 0. The number of hydrogen-bond donors (Lipinski definition) is 1. The van der Waals surface area contributed by atoms with Gasteiger partial charge in [0.15, 0.2) is 5.58 Å². The Balaban J connectivity index is 1.40. The Hall–Kier alpha value is -2.24. The standard InChI is InChI=1S/C22H25FN2O2/c1-14-3-4-15(2)19(11-14)20(26)13-25-9-7-16(8-10-25)22-18-6-5-17(23)12-21(18)27-24-22/h3-6,11-12,16,20,26H,7-10,13H2,1-2H3. The van der Waals surface area contributed by atoms with E-state index in [4.69, 9.17) is 4.52 Å². The second-order valence-electron chi connectivity index (χ2n) is 7.66. The van der Waals surface area contributed by atoms with E-state index < -0.39 is 6.10 Å². The number of aliphatic hydroxyl groups excluding tert-OH is 1. The predicted octanol–water partition coefficient (Wildman–Crippen LogP) is 4.50. The molecule has 0 aliphatic carbocycles. The first-order valence-electron chi connectivity index (χ1n) is 9.53. The van der Waals surface area contributed by atoms with Crippen LogP contribution in [0, 0.1) is 19.7 Å². The van der Waals surface area contributed by atoms with Crippen LogP contribution in [0.25, 0.3) is 11.0 Å². The molecule has 142 valence electrons. The Labute approximate surface area is 158 Å². The largest absolute Gasteiger partial charge is 0.387 e. The van der Waals surface area contributed by atoms with E-state index in [1.54, 1.807) is 6.07 Å². The van der Waals surface area contributed by atoms with Gasteiger partial charge in [0.1, 0.15) is 5.82 Å². The van der Waals surface area contributed by atoms with E-state index in [9.17, 15) is 9.50 Å². The van der Waals surface area contributed by atoms with Gasteiger partial charge in [-0.25, -0.2) is 4.39 Å². The van der Waals surface area contributed by atoms with E-state index in [1.165, 1.54) is 17.7 Å². The smallest absolute Gasteiger partial charge is 0.170 e. The zero-order valence-electron chi connectivity index (χ0n) is 15.8. The monoisotopic (exact) mass is 368 g/mol. The first kappa shape index (κ1) is 18.1. The van der Waals surface area contributed by atoms with Crippen LogP contribution in [0.2, 0.25) is 0 Å². The van der Waals surface area contributed by atoms with Crippen molar-refractivity contribution in [1.29, 1.82) is 0 Å². The molecule has 1 saturated heterocycles. The van der Waals surface area contributed by atoms with Gasteiger partial charge in [-0.2, -0.15) is 0 Å². The molecule has 0 bridgehead atoms. The third kappa shape index (κ3) is 3.75. The number of aryl methyl sites for hydroxylation is 2. The molecular formula is C22H25FN2O2. The molecule has 1 aromatic heterocycles. The molecule has 1 fully saturated rings. The van der Waals surface area contributed by atoms with E-state index in [-0.39, 0.29) is 5.82 Å². The fourth-order valence-electron chi connectivity index (χ4n) is 4.08. The summed E-state index contributed by atoms with van der Waals surface area (Å²) in [6.07, 6.45) is 1.44. The Morgan fingerprint density at radius 1 is 1.19 bits per heavy atom. The highest BCUT2D eigenvalue weighted by Gasteiger charge is 2.26. The molecule has 2 aromatic carbocycles. The van der Waals surface area contributed by atoms with Crippen molar-refractivity contribution < 1.29 is 14.0 Å². The van der Waals surface area contributed by atoms with Crippen molar-refractivity contribution in [3.8, 4) is 0 Å². The number of aliphatic hydroxyl groups is 1. The third-order valence-corrected chi connectivity index (χ3v) is 5.66. The first-order valence-corrected chi connectivity index (χ1v) is 9.53. The van der Waals surface area contributed by atoms with Gasteiger partial charge in [0, 0.05) is 23.9 Å². The van der Waals surface area contributed by atoms with Crippen LogP contribution in [0.1, 0.15) is 47.2 Å². The van der Waals surface area contributed by atoms with E-state index in [0.29, 0.717) is 18.0 Å². The number of hydrogen-bond acceptors (Lipinski definition) is 4. The maximum absolute atomic E-state index is 13.3. The molecular weight excluding hydrogens is 343 g/mol. The molecule has 0 spiro atoms.